The molecule has 0 radical (unpaired) electrons. The smallest absolute Gasteiger partial charge is 0.408 e. The lowest BCUT2D eigenvalue weighted by Crippen LogP contribution is -2.38. The van der Waals surface area contributed by atoms with Crippen LogP contribution in [-0.4, -0.2) is 17.7 Å². The van der Waals surface area contributed by atoms with E-state index in [1.807, 2.05) is 36.4 Å². The van der Waals surface area contributed by atoms with Crippen molar-refractivity contribution in [3.05, 3.63) is 71.8 Å². The molecule has 0 saturated carbocycles. The van der Waals surface area contributed by atoms with Crippen LogP contribution < -0.4 is 5.32 Å². The molecular formula is C20H23NO4. The van der Waals surface area contributed by atoms with Crippen molar-refractivity contribution in [2.45, 2.75) is 39.0 Å². The highest BCUT2D eigenvalue weighted by Gasteiger charge is 2.28. The van der Waals surface area contributed by atoms with Crippen LogP contribution in [0.1, 0.15) is 37.9 Å². The van der Waals surface area contributed by atoms with Crippen molar-refractivity contribution in [3.8, 4) is 0 Å². The van der Waals surface area contributed by atoms with Crippen molar-refractivity contribution in [1.29, 1.82) is 0 Å². The number of hydrogen-bond donors (Lipinski definition) is 1. The number of carbonyl (C=O) groups is 2. The van der Waals surface area contributed by atoms with Gasteiger partial charge in [-0.05, 0) is 31.9 Å². The molecule has 0 spiro atoms. The Balaban J connectivity index is 2.05. The first kappa shape index (κ1) is 18.5. The van der Waals surface area contributed by atoms with Crippen molar-refractivity contribution in [1.82, 2.24) is 5.32 Å². The molecule has 0 aliphatic rings. The second kappa shape index (κ2) is 8.33. The molecule has 2 aromatic rings. The van der Waals surface area contributed by atoms with Crippen LogP contribution in [0.2, 0.25) is 0 Å². The Morgan fingerprint density at radius 2 is 1.52 bits per heavy atom. The van der Waals surface area contributed by atoms with E-state index in [9.17, 15) is 9.59 Å². The summed E-state index contributed by atoms with van der Waals surface area (Å²) < 4.78 is 10.6. The lowest BCUT2D eigenvalue weighted by atomic mass is 10.1. The van der Waals surface area contributed by atoms with Gasteiger partial charge in [0.05, 0.1) is 0 Å². The van der Waals surface area contributed by atoms with E-state index in [0.717, 1.165) is 5.56 Å². The first-order valence-corrected chi connectivity index (χ1v) is 8.10. The highest BCUT2D eigenvalue weighted by molar-refractivity contribution is 5.83. The van der Waals surface area contributed by atoms with Gasteiger partial charge in [-0.2, -0.15) is 0 Å². The van der Waals surface area contributed by atoms with Gasteiger partial charge in [0, 0.05) is 0 Å². The zero-order chi connectivity index (χ0) is 18.3. The summed E-state index contributed by atoms with van der Waals surface area (Å²) in [5.74, 6) is -0.532. The third kappa shape index (κ3) is 6.30. The summed E-state index contributed by atoms with van der Waals surface area (Å²) >= 11 is 0. The van der Waals surface area contributed by atoms with E-state index in [0.29, 0.717) is 5.56 Å². The fourth-order valence-corrected chi connectivity index (χ4v) is 2.17. The predicted molar refractivity (Wildman–Crippen MR) is 94.8 cm³/mol. The van der Waals surface area contributed by atoms with Gasteiger partial charge < -0.3 is 14.8 Å². The molecule has 0 heterocycles. The molecule has 1 N–H and O–H groups in total. The molecule has 1 amide bonds. The molecule has 0 saturated heterocycles. The lowest BCUT2D eigenvalue weighted by Gasteiger charge is -2.24. The number of amides is 1. The Morgan fingerprint density at radius 3 is 2.08 bits per heavy atom. The van der Waals surface area contributed by atoms with E-state index in [-0.39, 0.29) is 6.61 Å². The van der Waals surface area contributed by atoms with Crippen molar-refractivity contribution in [3.63, 3.8) is 0 Å². The van der Waals surface area contributed by atoms with Crippen LogP contribution in [0.3, 0.4) is 0 Å². The van der Waals surface area contributed by atoms with Gasteiger partial charge in [0.1, 0.15) is 12.2 Å². The number of carbonyl (C=O) groups excluding carboxylic acids is 2. The molecule has 0 fully saturated rings. The Hall–Kier alpha value is -2.82. The standard InChI is InChI=1S/C20H23NO4/c1-20(2,3)25-18(22)17(16-12-8-5-9-13-16)21-19(23)24-14-15-10-6-4-7-11-15/h4-13,17H,14H2,1-3H3,(H,21,23)/t17-/m1/s1. The molecule has 2 aromatic carbocycles. The van der Waals surface area contributed by atoms with Gasteiger partial charge in [-0.25, -0.2) is 9.59 Å². The molecule has 0 unspecified atom stereocenters. The van der Waals surface area contributed by atoms with E-state index in [1.54, 1.807) is 45.0 Å². The monoisotopic (exact) mass is 341 g/mol. The van der Waals surface area contributed by atoms with Gasteiger partial charge in [0.2, 0.25) is 0 Å². The van der Waals surface area contributed by atoms with Crippen LogP contribution in [-0.2, 0) is 20.9 Å². The topological polar surface area (TPSA) is 64.6 Å². The third-order valence-electron chi connectivity index (χ3n) is 3.25. The summed E-state index contributed by atoms with van der Waals surface area (Å²) in [7, 11) is 0. The zero-order valence-corrected chi connectivity index (χ0v) is 14.7. The second-order valence-electron chi connectivity index (χ2n) is 6.58. The van der Waals surface area contributed by atoms with E-state index in [2.05, 4.69) is 5.32 Å². The summed E-state index contributed by atoms with van der Waals surface area (Å²) in [6, 6.07) is 17.3. The van der Waals surface area contributed by atoms with Gasteiger partial charge in [0.25, 0.3) is 0 Å². The molecule has 0 aromatic heterocycles. The first-order valence-electron chi connectivity index (χ1n) is 8.10. The normalized spacial score (nSPS) is 12.1. The van der Waals surface area contributed by atoms with Crippen molar-refractivity contribution >= 4 is 12.1 Å². The minimum Gasteiger partial charge on any atom is -0.458 e. The molecule has 25 heavy (non-hydrogen) atoms. The molecule has 2 rings (SSSR count). The molecule has 0 bridgehead atoms. The number of rotatable bonds is 5. The number of alkyl carbamates (subject to hydrolysis) is 1. The van der Waals surface area contributed by atoms with Gasteiger partial charge >= 0.3 is 12.1 Å². The van der Waals surface area contributed by atoms with E-state index in [4.69, 9.17) is 9.47 Å². The van der Waals surface area contributed by atoms with Crippen LogP contribution in [0, 0.1) is 0 Å². The number of benzene rings is 2. The quantitative estimate of drug-likeness (QED) is 0.835. The maximum absolute atomic E-state index is 12.5. The van der Waals surface area contributed by atoms with E-state index in [1.165, 1.54) is 0 Å². The third-order valence-corrected chi connectivity index (χ3v) is 3.25. The van der Waals surface area contributed by atoms with Gasteiger partial charge in [-0.3, -0.25) is 0 Å². The fourth-order valence-electron chi connectivity index (χ4n) is 2.17. The van der Waals surface area contributed by atoms with Crippen molar-refractivity contribution < 1.29 is 19.1 Å². The number of esters is 1. The number of nitrogens with one attached hydrogen (secondary N) is 1. The maximum atomic E-state index is 12.5. The molecular weight excluding hydrogens is 318 g/mol. The van der Waals surface area contributed by atoms with E-state index < -0.39 is 23.7 Å². The van der Waals surface area contributed by atoms with Gasteiger partial charge in [0.15, 0.2) is 6.04 Å². The van der Waals surface area contributed by atoms with Crippen molar-refractivity contribution in [2.75, 3.05) is 0 Å². The Labute approximate surface area is 148 Å². The molecule has 0 aliphatic heterocycles. The van der Waals surface area contributed by atoms with Crippen LogP contribution >= 0.6 is 0 Å². The minimum absolute atomic E-state index is 0.127. The van der Waals surface area contributed by atoms with Gasteiger partial charge in [-0.15, -0.1) is 0 Å². The fraction of sp³-hybridized carbons (Fsp3) is 0.300. The SMILES string of the molecule is CC(C)(C)OC(=O)[C@H](NC(=O)OCc1ccccc1)c1ccccc1. The number of ether oxygens (including phenoxy) is 2. The molecule has 5 heteroatoms. The average Bonchev–Trinajstić information content (AvgIpc) is 2.58. The summed E-state index contributed by atoms with van der Waals surface area (Å²) in [5.41, 5.74) is 0.847. The summed E-state index contributed by atoms with van der Waals surface area (Å²) in [6.07, 6.45) is -0.677. The lowest BCUT2D eigenvalue weighted by molar-refractivity contribution is -0.157. The Morgan fingerprint density at radius 1 is 0.960 bits per heavy atom. The summed E-state index contributed by atoms with van der Waals surface area (Å²) in [6.45, 7) is 5.46. The highest BCUT2D eigenvalue weighted by atomic mass is 16.6. The van der Waals surface area contributed by atoms with E-state index >= 15 is 0 Å². The predicted octanol–water partition coefficient (Wildman–Crippen LogP) is 4.00. The van der Waals surface area contributed by atoms with Crippen LogP contribution in [0.15, 0.2) is 60.7 Å². The summed E-state index contributed by atoms with van der Waals surface area (Å²) in [5, 5.41) is 2.59. The highest BCUT2D eigenvalue weighted by Crippen LogP contribution is 2.19. The van der Waals surface area contributed by atoms with Crippen LogP contribution in [0.25, 0.3) is 0 Å². The van der Waals surface area contributed by atoms with Gasteiger partial charge in [-0.1, -0.05) is 60.7 Å². The number of hydrogen-bond acceptors (Lipinski definition) is 4. The second-order valence-corrected chi connectivity index (χ2v) is 6.58. The molecule has 1 atom stereocenters. The molecule has 0 aliphatic carbocycles. The van der Waals surface area contributed by atoms with Crippen molar-refractivity contribution in [2.24, 2.45) is 0 Å². The van der Waals surface area contributed by atoms with Crippen LogP contribution in [0.4, 0.5) is 4.79 Å². The largest absolute Gasteiger partial charge is 0.458 e. The minimum atomic E-state index is -0.927. The van der Waals surface area contributed by atoms with Crippen LogP contribution in [0.5, 0.6) is 0 Å². The molecule has 5 nitrogen and oxygen atoms in total. The Bertz CT molecular complexity index is 693. The molecule has 132 valence electrons. The zero-order valence-electron chi connectivity index (χ0n) is 14.7. The maximum Gasteiger partial charge on any atom is 0.408 e. The summed E-state index contributed by atoms with van der Waals surface area (Å²) in [4.78, 5) is 24.6. The first-order chi connectivity index (χ1) is 11.8. The average molecular weight is 341 g/mol. The Kier molecular flexibility index (Phi) is 6.17.